The second kappa shape index (κ2) is 11.7. The summed E-state index contributed by atoms with van der Waals surface area (Å²) in [4.78, 5) is 26.9. The molecule has 8 rings (SSSR count). The van der Waals surface area contributed by atoms with E-state index in [1.54, 1.807) is 48.5 Å². The number of fused-ring (bicyclic) bond motifs is 6. The molecule has 0 radical (unpaired) electrons. The van der Waals surface area contributed by atoms with E-state index in [1.165, 1.54) is 17.2 Å². The second-order valence-corrected chi connectivity index (χ2v) is 12.4. The Kier molecular flexibility index (Phi) is 7.18. The molecule has 0 fully saturated rings. The van der Waals surface area contributed by atoms with Crippen LogP contribution in [0.4, 0.5) is 5.69 Å². The van der Waals surface area contributed by atoms with Crippen LogP contribution in [0.3, 0.4) is 0 Å². The first-order chi connectivity index (χ1) is 23.8. The Morgan fingerprint density at radius 1 is 0.735 bits per heavy atom. The van der Waals surface area contributed by atoms with Gasteiger partial charge in [-0.25, -0.2) is 4.79 Å². The van der Waals surface area contributed by atoms with E-state index in [4.69, 9.17) is 14.2 Å². The molecule has 2 aliphatic rings. The summed E-state index contributed by atoms with van der Waals surface area (Å²) < 4.78 is 18.7. The van der Waals surface area contributed by atoms with Crippen LogP contribution in [0, 0.1) is 13.8 Å². The van der Waals surface area contributed by atoms with Gasteiger partial charge in [0, 0.05) is 40.1 Å². The molecule has 2 N–H and O–H groups in total. The number of phenols is 1. The summed E-state index contributed by atoms with van der Waals surface area (Å²) in [5, 5.41) is 13.3. The second-order valence-electron chi connectivity index (χ2n) is 12.4. The number of phenolic OH excluding ortho intramolecular Hbond substituents is 1. The zero-order valence-corrected chi connectivity index (χ0v) is 26.8. The third-order valence-corrected chi connectivity index (χ3v) is 9.25. The van der Waals surface area contributed by atoms with Crippen LogP contribution in [-0.2, 0) is 16.9 Å². The number of anilines is 1. The van der Waals surface area contributed by atoms with Crippen molar-refractivity contribution in [1.82, 2.24) is 0 Å². The third kappa shape index (κ3) is 5.26. The van der Waals surface area contributed by atoms with Gasteiger partial charge in [0.25, 0.3) is 5.91 Å². The fourth-order valence-electron chi connectivity index (χ4n) is 6.57. The molecule has 1 spiro atoms. The molecule has 1 unspecified atom stereocenters. The van der Waals surface area contributed by atoms with E-state index < -0.39 is 11.6 Å². The Bertz CT molecular complexity index is 2280. The van der Waals surface area contributed by atoms with Crippen LogP contribution < -0.4 is 14.8 Å². The highest BCUT2D eigenvalue weighted by atomic mass is 16.6. The van der Waals surface area contributed by atoms with Gasteiger partial charge >= 0.3 is 5.97 Å². The topological polar surface area (TPSA) is 94.1 Å². The fraction of sp³-hybridized carbons (Fsp3) is 0.0952. The predicted octanol–water partition coefficient (Wildman–Crippen LogP) is 9.08. The number of benzene rings is 6. The number of nitrogens with one attached hydrogen (secondary N) is 1. The normalized spacial score (nSPS) is 15.4. The molecule has 7 heteroatoms. The Balaban J connectivity index is 1.11. The minimum atomic E-state index is -1.34. The molecule has 1 atom stereocenters. The van der Waals surface area contributed by atoms with Gasteiger partial charge in [-0.2, -0.15) is 0 Å². The average molecular weight is 646 g/mol. The Labute approximate surface area is 283 Å². The summed E-state index contributed by atoms with van der Waals surface area (Å²) in [5.74, 6) is 0.545. The van der Waals surface area contributed by atoms with Gasteiger partial charge < -0.3 is 24.6 Å². The molecule has 6 aromatic rings. The van der Waals surface area contributed by atoms with Crippen LogP contribution in [-0.4, -0.2) is 17.0 Å². The lowest BCUT2D eigenvalue weighted by atomic mass is 9.77. The summed E-state index contributed by atoms with van der Waals surface area (Å²) in [5.41, 5.74) is 7.23. The first kappa shape index (κ1) is 30.0. The van der Waals surface area contributed by atoms with Crippen molar-refractivity contribution >= 4 is 17.6 Å². The van der Waals surface area contributed by atoms with Crippen LogP contribution in [0.15, 0.2) is 127 Å². The molecular weight excluding hydrogens is 614 g/mol. The van der Waals surface area contributed by atoms with Crippen LogP contribution >= 0.6 is 0 Å². The molecule has 0 bridgehead atoms. The largest absolute Gasteiger partial charge is 0.508 e. The number of rotatable bonds is 6. The fourth-order valence-corrected chi connectivity index (χ4v) is 6.57. The van der Waals surface area contributed by atoms with Crippen molar-refractivity contribution in [2.45, 2.75) is 26.1 Å². The van der Waals surface area contributed by atoms with Crippen molar-refractivity contribution in [3.63, 3.8) is 0 Å². The maximum atomic E-state index is 13.6. The van der Waals surface area contributed by atoms with E-state index in [2.05, 4.69) is 31.3 Å². The molecule has 0 saturated carbocycles. The minimum absolute atomic E-state index is 0.0129. The van der Waals surface area contributed by atoms with Gasteiger partial charge in [-0.15, -0.1) is 0 Å². The number of hydrogen-bond acceptors (Lipinski definition) is 6. The maximum absolute atomic E-state index is 13.6. The van der Waals surface area contributed by atoms with Crippen LogP contribution in [0.1, 0.15) is 54.1 Å². The lowest BCUT2D eigenvalue weighted by Crippen LogP contribution is -2.33. The molecule has 0 aliphatic carbocycles. The van der Waals surface area contributed by atoms with Crippen molar-refractivity contribution < 1.29 is 28.9 Å². The highest BCUT2D eigenvalue weighted by Gasteiger charge is 2.53. The quantitative estimate of drug-likeness (QED) is 0.176. The van der Waals surface area contributed by atoms with Gasteiger partial charge in [0.05, 0.1) is 5.56 Å². The minimum Gasteiger partial charge on any atom is -0.508 e. The van der Waals surface area contributed by atoms with E-state index >= 15 is 0 Å². The molecular formula is C42H31NO6. The van der Waals surface area contributed by atoms with Crippen LogP contribution in [0.2, 0.25) is 0 Å². The van der Waals surface area contributed by atoms with Gasteiger partial charge in [-0.1, -0.05) is 66.7 Å². The number of esters is 1. The number of aryl methyl sites for hydroxylation is 2. The van der Waals surface area contributed by atoms with E-state index in [1.807, 2.05) is 60.7 Å². The SMILES string of the molecule is Cc1ccc(COc2ccc3c(c2)Oc2cc(O)ccc2C32OC(=O)c3cc(NC(=O)c4ccc(-c5ccccc5)cc4)ccc32)cc1C. The zero-order chi connectivity index (χ0) is 33.7. The summed E-state index contributed by atoms with van der Waals surface area (Å²) in [6.07, 6.45) is 0. The third-order valence-electron chi connectivity index (χ3n) is 9.25. The summed E-state index contributed by atoms with van der Waals surface area (Å²) in [6.45, 7) is 4.51. The number of carbonyl (C=O) groups is 2. The predicted molar refractivity (Wildman–Crippen MR) is 186 cm³/mol. The molecule has 1 amide bonds. The van der Waals surface area contributed by atoms with E-state index in [9.17, 15) is 14.7 Å². The monoisotopic (exact) mass is 645 g/mol. The Hall–Kier alpha value is -6.34. The molecule has 2 heterocycles. The lowest BCUT2D eigenvalue weighted by molar-refractivity contribution is 0.0224. The van der Waals surface area contributed by atoms with Crippen molar-refractivity contribution in [1.29, 1.82) is 0 Å². The maximum Gasteiger partial charge on any atom is 0.340 e. The number of carbonyl (C=O) groups excluding carboxylic acids is 2. The molecule has 6 aromatic carbocycles. The van der Waals surface area contributed by atoms with Crippen molar-refractivity contribution in [3.8, 4) is 34.1 Å². The smallest absolute Gasteiger partial charge is 0.340 e. The average Bonchev–Trinajstić information content (AvgIpc) is 3.40. The van der Waals surface area contributed by atoms with Gasteiger partial charge in [0.15, 0.2) is 5.60 Å². The van der Waals surface area contributed by atoms with E-state index in [0.717, 1.165) is 16.7 Å². The molecule has 0 aromatic heterocycles. The van der Waals surface area contributed by atoms with Gasteiger partial charge in [-0.05, 0) is 90.2 Å². The highest BCUT2D eigenvalue weighted by molar-refractivity contribution is 6.06. The number of ether oxygens (including phenoxy) is 3. The Morgan fingerprint density at radius 2 is 1.45 bits per heavy atom. The van der Waals surface area contributed by atoms with E-state index in [-0.39, 0.29) is 11.7 Å². The molecule has 240 valence electrons. The summed E-state index contributed by atoms with van der Waals surface area (Å²) >= 11 is 0. The number of amides is 1. The van der Waals surface area contributed by atoms with Crippen LogP contribution in [0.25, 0.3) is 11.1 Å². The first-order valence-corrected chi connectivity index (χ1v) is 16.0. The zero-order valence-electron chi connectivity index (χ0n) is 26.8. The summed E-state index contributed by atoms with van der Waals surface area (Å²) in [6, 6.07) is 38.9. The Morgan fingerprint density at radius 3 is 2.22 bits per heavy atom. The van der Waals surface area contributed by atoms with Crippen molar-refractivity contribution in [2.24, 2.45) is 0 Å². The molecule has 7 nitrogen and oxygen atoms in total. The molecule has 0 saturated heterocycles. The van der Waals surface area contributed by atoms with Gasteiger partial charge in [-0.3, -0.25) is 4.79 Å². The van der Waals surface area contributed by atoms with Gasteiger partial charge in [0.2, 0.25) is 0 Å². The number of hydrogen-bond donors (Lipinski definition) is 2. The van der Waals surface area contributed by atoms with Crippen molar-refractivity contribution in [3.05, 3.63) is 172 Å². The summed E-state index contributed by atoms with van der Waals surface area (Å²) in [7, 11) is 0. The molecule has 49 heavy (non-hydrogen) atoms. The standard InChI is InChI=1S/C42H31NO6/c1-25-8-9-27(20-26(25)2)24-47-33-16-19-37-39(23-33)48-38-22-32(44)15-18-36(38)42(37)35-17-14-31(21-34(35)41(46)49-42)43-40(45)30-12-10-29(11-13-30)28-6-4-3-5-7-28/h3-23,44H,24H2,1-2H3,(H,43,45). The van der Waals surface area contributed by atoms with Gasteiger partial charge in [0.1, 0.15) is 29.6 Å². The lowest BCUT2D eigenvalue weighted by Gasteiger charge is -2.36. The number of aromatic hydroxyl groups is 1. The van der Waals surface area contributed by atoms with Crippen molar-refractivity contribution in [2.75, 3.05) is 5.32 Å². The first-order valence-electron chi connectivity index (χ1n) is 16.0. The van der Waals surface area contributed by atoms with E-state index in [0.29, 0.717) is 57.4 Å². The highest BCUT2D eigenvalue weighted by Crippen LogP contribution is 2.57. The molecule has 2 aliphatic heterocycles. The van der Waals surface area contributed by atoms with Crippen LogP contribution in [0.5, 0.6) is 23.0 Å².